The Kier molecular flexibility index (Phi) is 4.43. The molecule has 0 aliphatic heterocycles. The van der Waals surface area contributed by atoms with Crippen molar-refractivity contribution in [2.24, 2.45) is 0 Å². The Hall–Kier alpha value is -0.930. The molecule has 1 aromatic heterocycles. The second kappa shape index (κ2) is 5.67. The minimum Gasteiger partial charge on any atom is -0.244 e. The highest BCUT2D eigenvalue weighted by atomic mass is 35.5. The van der Waals surface area contributed by atoms with E-state index in [2.05, 4.69) is 14.8 Å². The summed E-state index contributed by atoms with van der Waals surface area (Å²) in [5.74, 6) is 0. The number of aromatic nitrogens is 2. The smallest absolute Gasteiger partial charge is 0.115 e. The summed E-state index contributed by atoms with van der Waals surface area (Å²) in [7, 11) is 0. The van der Waals surface area contributed by atoms with Gasteiger partial charge in [0.1, 0.15) is 6.33 Å². The van der Waals surface area contributed by atoms with E-state index in [4.69, 9.17) is 11.8 Å². The zero-order valence-electron chi connectivity index (χ0n) is 7.44. The molecule has 0 aromatic carbocycles. The van der Waals surface area contributed by atoms with E-state index < -0.39 is 0 Å². The van der Waals surface area contributed by atoms with Crippen molar-refractivity contribution in [1.29, 1.82) is 0 Å². The topological polar surface area (TPSA) is 37.8 Å². The lowest BCUT2D eigenvalue weighted by molar-refractivity contribution is 0.698. The van der Waals surface area contributed by atoms with Gasteiger partial charge < -0.3 is 0 Å². The van der Waals surface area contributed by atoms with E-state index in [-0.39, 0.29) is 6.04 Å². The Morgan fingerprint density at radius 2 is 2.23 bits per heavy atom. The van der Waals surface area contributed by atoms with Gasteiger partial charge in [-0.2, -0.15) is 0 Å². The van der Waals surface area contributed by atoms with E-state index in [0.717, 1.165) is 12.0 Å². The molecule has 0 saturated heterocycles. The fourth-order valence-electron chi connectivity index (χ4n) is 0.849. The van der Waals surface area contributed by atoms with Gasteiger partial charge in [0.05, 0.1) is 0 Å². The van der Waals surface area contributed by atoms with Gasteiger partial charge in [-0.25, -0.2) is 14.8 Å². The second-order valence-corrected chi connectivity index (χ2v) is 3.04. The van der Waals surface area contributed by atoms with Gasteiger partial charge in [-0.15, -0.1) is 0 Å². The minimum atomic E-state index is 0.280. The zero-order chi connectivity index (χ0) is 9.52. The molecule has 4 heteroatoms. The quantitative estimate of drug-likeness (QED) is 0.751. The highest BCUT2D eigenvalue weighted by Crippen LogP contribution is 2.00. The molecule has 1 heterocycles. The summed E-state index contributed by atoms with van der Waals surface area (Å²) < 4.78 is 0. The molecule has 1 atom stereocenters. The van der Waals surface area contributed by atoms with Crippen LogP contribution in [0.3, 0.4) is 0 Å². The maximum atomic E-state index is 5.43. The summed E-state index contributed by atoms with van der Waals surface area (Å²) in [5.41, 5.74) is 1.00. The van der Waals surface area contributed by atoms with Gasteiger partial charge in [-0.05, 0) is 25.1 Å². The maximum absolute atomic E-state index is 5.43. The van der Waals surface area contributed by atoms with E-state index >= 15 is 0 Å². The molecule has 1 aromatic rings. The molecular weight excluding hydrogens is 186 g/mol. The molecule has 0 bridgehead atoms. The van der Waals surface area contributed by atoms with Crippen LogP contribution in [0.1, 0.15) is 18.9 Å². The van der Waals surface area contributed by atoms with E-state index in [1.54, 1.807) is 12.4 Å². The van der Waals surface area contributed by atoms with Gasteiger partial charge in [-0.3, -0.25) is 0 Å². The van der Waals surface area contributed by atoms with Crippen LogP contribution >= 0.6 is 11.8 Å². The summed E-state index contributed by atoms with van der Waals surface area (Å²) in [6, 6.07) is 0.280. The Morgan fingerprint density at radius 3 is 2.85 bits per heavy atom. The number of halogens is 1. The van der Waals surface area contributed by atoms with Gasteiger partial charge >= 0.3 is 0 Å². The largest absolute Gasteiger partial charge is 0.244 e. The van der Waals surface area contributed by atoms with Crippen molar-refractivity contribution < 1.29 is 0 Å². The first-order chi connectivity index (χ1) is 6.33. The first kappa shape index (κ1) is 10.2. The van der Waals surface area contributed by atoms with Gasteiger partial charge in [-0.1, -0.05) is 12.2 Å². The van der Waals surface area contributed by atoms with Crippen LogP contribution in [0.15, 0.2) is 24.8 Å². The molecule has 0 saturated carbocycles. The third kappa shape index (κ3) is 4.01. The average Bonchev–Trinajstić information content (AvgIpc) is 2.19. The van der Waals surface area contributed by atoms with Crippen molar-refractivity contribution >= 4 is 17.9 Å². The summed E-state index contributed by atoms with van der Waals surface area (Å²) in [6.07, 6.45) is 9.95. The fourth-order valence-corrected chi connectivity index (χ4v) is 0.939. The SMILES string of the molecule is C[C@@H](C/C=C/c1cncnc1)NCl. The Balaban J connectivity index is 2.41. The van der Waals surface area contributed by atoms with Crippen molar-refractivity contribution in [3.63, 3.8) is 0 Å². The van der Waals surface area contributed by atoms with Crippen LogP contribution in [0, 0.1) is 0 Å². The summed E-state index contributed by atoms with van der Waals surface area (Å²) in [5, 5.41) is 0. The summed E-state index contributed by atoms with van der Waals surface area (Å²) in [6.45, 7) is 2.01. The molecule has 0 aliphatic carbocycles. The third-order valence-electron chi connectivity index (χ3n) is 1.57. The molecule has 1 N–H and O–H groups in total. The van der Waals surface area contributed by atoms with Crippen LogP contribution in [-0.4, -0.2) is 16.0 Å². The first-order valence-corrected chi connectivity index (χ1v) is 4.48. The Bertz CT molecular complexity index is 261. The minimum absolute atomic E-state index is 0.280. The average molecular weight is 198 g/mol. The number of hydrogen-bond acceptors (Lipinski definition) is 3. The molecule has 70 valence electrons. The van der Waals surface area contributed by atoms with Crippen LogP contribution in [0.5, 0.6) is 0 Å². The van der Waals surface area contributed by atoms with Crippen molar-refractivity contribution in [3.8, 4) is 0 Å². The Morgan fingerprint density at radius 1 is 1.54 bits per heavy atom. The maximum Gasteiger partial charge on any atom is 0.115 e. The van der Waals surface area contributed by atoms with Crippen molar-refractivity contribution in [1.82, 2.24) is 14.8 Å². The van der Waals surface area contributed by atoms with Gasteiger partial charge in [0.25, 0.3) is 0 Å². The molecule has 0 aliphatic rings. The van der Waals surface area contributed by atoms with E-state index in [1.165, 1.54) is 6.33 Å². The predicted octanol–water partition coefficient (Wildman–Crippen LogP) is 2.01. The second-order valence-electron chi connectivity index (χ2n) is 2.82. The van der Waals surface area contributed by atoms with E-state index in [0.29, 0.717) is 0 Å². The lowest BCUT2D eigenvalue weighted by Crippen LogP contribution is -2.14. The number of hydrogen-bond donors (Lipinski definition) is 1. The van der Waals surface area contributed by atoms with Crippen LogP contribution in [0.25, 0.3) is 6.08 Å². The zero-order valence-corrected chi connectivity index (χ0v) is 8.20. The molecule has 0 amide bonds. The Labute approximate surface area is 83.0 Å². The fraction of sp³-hybridized carbons (Fsp3) is 0.333. The lowest BCUT2D eigenvalue weighted by atomic mass is 10.2. The molecular formula is C9H12ClN3. The highest BCUT2D eigenvalue weighted by Gasteiger charge is 1.93. The summed E-state index contributed by atoms with van der Waals surface area (Å²) >= 11 is 5.43. The van der Waals surface area contributed by atoms with Crippen LogP contribution in [0.2, 0.25) is 0 Å². The van der Waals surface area contributed by atoms with Gasteiger partial charge in [0.15, 0.2) is 0 Å². The van der Waals surface area contributed by atoms with Crippen molar-refractivity contribution in [3.05, 3.63) is 30.4 Å². The van der Waals surface area contributed by atoms with E-state index in [9.17, 15) is 0 Å². The number of nitrogens with zero attached hydrogens (tertiary/aromatic N) is 2. The molecule has 0 spiro atoms. The molecule has 13 heavy (non-hydrogen) atoms. The number of nitrogens with one attached hydrogen (secondary N) is 1. The molecule has 0 radical (unpaired) electrons. The summed E-state index contributed by atoms with van der Waals surface area (Å²) in [4.78, 5) is 10.4. The van der Waals surface area contributed by atoms with Crippen LogP contribution in [0.4, 0.5) is 0 Å². The van der Waals surface area contributed by atoms with E-state index in [1.807, 2.05) is 19.1 Å². The van der Waals surface area contributed by atoms with Gasteiger partial charge in [0, 0.05) is 24.0 Å². The lowest BCUT2D eigenvalue weighted by Gasteiger charge is -2.02. The standard InChI is InChI=1S/C9H12ClN3/c1-8(13-10)3-2-4-9-5-11-7-12-6-9/h2,4-8,13H,3H2,1H3/b4-2+/t8-/m0/s1. The van der Waals surface area contributed by atoms with Gasteiger partial charge in [0.2, 0.25) is 0 Å². The third-order valence-corrected chi connectivity index (χ3v) is 1.94. The normalized spacial score (nSPS) is 13.4. The molecule has 3 nitrogen and oxygen atoms in total. The molecule has 0 unspecified atom stereocenters. The van der Waals surface area contributed by atoms with Crippen molar-refractivity contribution in [2.45, 2.75) is 19.4 Å². The molecule has 0 fully saturated rings. The van der Waals surface area contributed by atoms with Crippen LogP contribution in [-0.2, 0) is 0 Å². The first-order valence-electron chi connectivity index (χ1n) is 4.10. The number of rotatable bonds is 4. The highest BCUT2D eigenvalue weighted by molar-refractivity contribution is 6.13. The molecule has 1 rings (SSSR count). The predicted molar refractivity (Wildman–Crippen MR) is 54.1 cm³/mol. The van der Waals surface area contributed by atoms with Crippen molar-refractivity contribution in [2.75, 3.05) is 0 Å². The monoisotopic (exact) mass is 197 g/mol. The van der Waals surface area contributed by atoms with Crippen LogP contribution < -0.4 is 4.84 Å².